The van der Waals surface area contributed by atoms with Crippen LogP contribution in [0.4, 0.5) is 0 Å². The summed E-state index contributed by atoms with van der Waals surface area (Å²) in [5, 5.41) is 7.65. The molecule has 0 atom stereocenters. The first kappa shape index (κ1) is 10.4. The molecule has 0 saturated heterocycles. The molecule has 0 bridgehead atoms. The van der Waals surface area contributed by atoms with Gasteiger partial charge in [0.1, 0.15) is 0 Å². The SMILES string of the molecule is O=C(O)CS.[KH]. The molecule has 0 aromatic heterocycles. The number of carboxylic acid groups (broad SMARTS) is 1. The molecule has 6 heavy (non-hydrogen) atoms. The summed E-state index contributed by atoms with van der Waals surface area (Å²) in [6.07, 6.45) is 0. The molecular weight excluding hydrogens is 127 g/mol. The minimum absolute atomic E-state index is 0. The average Bonchev–Trinajstić information content (AvgIpc) is 1.38. The van der Waals surface area contributed by atoms with Gasteiger partial charge in [-0.2, -0.15) is 12.6 Å². The van der Waals surface area contributed by atoms with Crippen molar-refractivity contribution in [3.8, 4) is 0 Å². The van der Waals surface area contributed by atoms with Crippen LogP contribution in [0.3, 0.4) is 0 Å². The molecule has 0 radical (unpaired) electrons. The fourth-order valence-electron chi connectivity index (χ4n) is 0. The van der Waals surface area contributed by atoms with Gasteiger partial charge < -0.3 is 5.11 Å². The zero-order valence-electron chi connectivity index (χ0n) is 2.51. The Labute approximate surface area is 84.1 Å². The van der Waals surface area contributed by atoms with E-state index >= 15 is 0 Å². The van der Waals surface area contributed by atoms with Crippen molar-refractivity contribution >= 4 is 70.0 Å². The van der Waals surface area contributed by atoms with Crippen LogP contribution < -0.4 is 0 Å². The van der Waals surface area contributed by atoms with Crippen molar-refractivity contribution in [2.75, 3.05) is 5.75 Å². The van der Waals surface area contributed by atoms with Gasteiger partial charge >= 0.3 is 57.4 Å². The Morgan fingerprint density at radius 2 is 2.00 bits per heavy atom. The molecule has 0 aliphatic heterocycles. The molecule has 0 aromatic rings. The first-order chi connectivity index (χ1) is 2.27. The number of hydrogen-bond acceptors (Lipinski definition) is 2. The second kappa shape index (κ2) is 6.46. The molecule has 0 spiro atoms. The molecule has 0 aromatic carbocycles. The molecule has 0 fully saturated rings. The van der Waals surface area contributed by atoms with Crippen molar-refractivity contribution in [3.05, 3.63) is 0 Å². The summed E-state index contributed by atoms with van der Waals surface area (Å²) in [6, 6.07) is 0. The third-order valence-electron chi connectivity index (χ3n) is 0.135. The van der Waals surface area contributed by atoms with E-state index in [4.69, 9.17) is 5.11 Å². The third kappa shape index (κ3) is 9.07. The second-order valence-corrected chi connectivity index (χ2v) is 0.868. The summed E-state index contributed by atoms with van der Waals surface area (Å²) >= 11 is 3.42. The van der Waals surface area contributed by atoms with Gasteiger partial charge in [0.05, 0.1) is 5.75 Å². The van der Waals surface area contributed by atoms with Crippen LogP contribution in [0.5, 0.6) is 0 Å². The Bertz CT molecular complexity index is 46.8. The van der Waals surface area contributed by atoms with E-state index < -0.39 is 5.97 Å². The van der Waals surface area contributed by atoms with Crippen LogP contribution in [0.15, 0.2) is 0 Å². The van der Waals surface area contributed by atoms with Crippen LogP contribution in [-0.4, -0.2) is 68.2 Å². The molecule has 1 N–H and O–H groups in total. The van der Waals surface area contributed by atoms with Crippen molar-refractivity contribution in [3.63, 3.8) is 0 Å². The molecule has 0 aliphatic carbocycles. The predicted molar refractivity (Wildman–Crippen MR) is 28.6 cm³/mol. The average molecular weight is 132 g/mol. The van der Waals surface area contributed by atoms with Crippen LogP contribution in [0.1, 0.15) is 0 Å². The van der Waals surface area contributed by atoms with Crippen molar-refractivity contribution in [1.29, 1.82) is 0 Å². The summed E-state index contributed by atoms with van der Waals surface area (Å²) in [5.41, 5.74) is 0. The van der Waals surface area contributed by atoms with Crippen LogP contribution in [0.2, 0.25) is 0 Å². The Morgan fingerprint density at radius 3 is 2.00 bits per heavy atom. The van der Waals surface area contributed by atoms with Crippen LogP contribution in [0, 0.1) is 0 Å². The molecule has 0 unspecified atom stereocenters. The topological polar surface area (TPSA) is 37.3 Å². The van der Waals surface area contributed by atoms with E-state index in [9.17, 15) is 4.79 Å². The fourth-order valence-corrected chi connectivity index (χ4v) is 0. The van der Waals surface area contributed by atoms with Crippen LogP contribution in [-0.2, 0) is 4.79 Å². The Morgan fingerprint density at radius 1 is 1.83 bits per heavy atom. The second-order valence-electron chi connectivity index (χ2n) is 0.552. The standard InChI is InChI=1S/C2H4O2S.K.H/c3-2(4)1-5;;/h5H,1H2,(H,3,4);;. The number of carboxylic acids is 1. The van der Waals surface area contributed by atoms with Gasteiger partial charge in [0.15, 0.2) is 0 Å². The van der Waals surface area contributed by atoms with E-state index in [2.05, 4.69) is 12.6 Å². The van der Waals surface area contributed by atoms with Gasteiger partial charge in [0.25, 0.3) is 0 Å². The van der Waals surface area contributed by atoms with Crippen LogP contribution >= 0.6 is 12.6 Å². The minimum atomic E-state index is -0.881. The molecule has 0 aliphatic rings. The van der Waals surface area contributed by atoms with Gasteiger partial charge in [-0.25, -0.2) is 0 Å². The summed E-state index contributed by atoms with van der Waals surface area (Å²) in [7, 11) is 0. The zero-order valence-corrected chi connectivity index (χ0v) is 3.40. The fraction of sp³-hybridized carbons (Fsp3) is 0.500. The maximum atomic E-state index is 9.29. The number of hydrogen-bond donors (Lipinski definition) is 2. The maximum absolute atomic E-state index is 9.29. The number of rotatable bonds is 1. The molecule has 0 amide bonds. The zero-order chi connectivity index (χ0) is 4.28. The van der Waals surface area contributed by atoms with Crippen molar-refractivity contribution in [2.45, 2.75) is 0 Å². The van der Waals surface area contributed by atoms with E-state index in [-0.39, 0.29) is 57.1 Å². The Hall–Kier alpha value is 1.46. The van der Waals surface area contributed by atoms with Gasteiger partial charge in [-0.15, -0.1) is 0 Å². The summed E-state index contributed by atoms with van der Waals surface area (Å²) < 4.78 is 0. The normalized spacial score (nSPS) is 6.17. The number of carbonyl (C=O) groups is 1. The van der Waals surface area contributed by atoms with Crippen molar-refractivity contribution < 1.29 is 9.90 Å². The van der Waals surface area contributed by atoms with Crippen LogP contribution in [0.25, 0.3) is 0 Å². The molecule has 2 nitrogen and oxygen atoms in total. The first-order valence-corrected chi connectivity index (χ1v) is 1.73. The number of thiol groups is 1. The van der Waals surface area contributed by atoms with E-state index in [0.29, 0.717) is 0 Å². The van der Waals surface area contributed by atoms with E-state index in [0.717, 1.165) is 0 Å². The predicted octanol–water partition coefficient (Wildman–Crippen LogP) is -0.648. The first-order valence-electron chi connectivity index (χ1n) is 1.10. The third-order valence-corrected chi connectivity index (χ3v) is 0.406. The number of aliphatic carboxylic acids is 1. The molecule has 0 heterocycles. The van der Waals surface area contributed by atoms with Gasteiger partial charge in [-0.05, 0) is 0 Å². The summed E-state index contributed by atoms with van der Waals surface area (Å²) in [4.78, 5) is 9.29. The molecular formula is C2H5KO2S. The monoisotopic (exact) mass is 132 g/mol. The van der Waals surface area contributed by atoms with Gasteiger partial charge in [0.2, 0.25) is 0 Å². The molecule has 0 saturated carbocycles. The van der Waals surface area contributed by atoms with E-state index in [1.807, 2.05) is 0 Å². The van der Waals surface area contributed by atoms with E-state index in [1.54, 1.807) is 0 Å². The Kier molecular flexibility index (Phi) is 11.2. The molecule has 4 heteroatoms. The van der Waals surface area contributed by atoms with Crippen molar-refractivity contribution in [2.24, 2.45) is 0 Å². The van der Waals surface area contributed by atoms with Gasteiger partial charge in [-0.3, -0.25) is 4.79 Å². The molecule has 32 valence electrons. The quantitative estimate of drug-likeness (QED) is 0.367. The van der Waals surface area contributed by atoms with Gasteiger partial charge in [0, 0.05) is 0 Å². The van der Waals surface area contributed by atoms with Crippen molar-refractivity contribution in [1.82, 2.24) is 0 Å². The van der Waals surface area contributed by atoms with Gasteiger partial charge in [-0.1, -0.05) is 0 Å². The summed E-state index contributed by atoms with van der Waals surface area (Å²) in [5.74, 6) is -0.965. The summed E-state index contributed by atoms with van der Waals surface area (Å²) in [6.45, 7) is 0. The van der Waals surface area contributed by atoms with E-state index in [1.165, 1.54) is 0 Å². The molecule has 0 rings (SSSR count). The Balaban J connectivity index is 0.